The third-order valence-corrected chi connectivity index (χ3v) is 2.25. The van der Waals surface area contributed by atoms with Gasteiger partial charge in [-0.3, -0.25) is 9.48 Å². The van der Waals surface area contributed by atoms with E-state index in [-0.39, 0.29) is 11.4 Å². The number of aromatic nitrogens is 2. The molecule has 0 saturated heterocycles. The van der Waals surface area contributed by atoms with E-state index >= 15 is 0 Å². The van der Waals surface area contributed by atoms with Crippen LogP contribution >= 0.6 is 0 Å². The number of carbonyl (C=O) groups excluding carboxylic acids is 1. The summed E-state index contributed by atoms with van der Waals surface area (Å²) < 4.78 is 37.2. The maximum absolute atomic E-state index is 12.0. The molecule has 1 amide bonds. The molecule has 0 bridgehead atoms. The fraction of sp³-hybridized carbons (Fsp3) is 0.556. The molecule has 1 rings (SSSR count). The van der Waals surface area contributed by atoms with Crippen molar-refractivity contribution < 1.29 is 18.0 Å². The zero-order valence-corrected chi connectivity index (χ0v) is 9.45. The van der Waals surface area contributed by atoms with Crippen LogP contribution in [-0.2, 0) is 7.05 Å². The summed E-state index contributed by atoms with van der Waals surface area (Å²) in [6, 6.07) is 0. The average Bonchev–Trinajstić information content (AvgIpc) is 2.53. The van der Waals surface area contributed by atoms with Gasteiger partial charge in [-0.25, -0.2) is 0 Å². The van der Waals surface area contributed by atoms with Crippen molar-refractivity contribution in [2.24, 2.45) is 7.05 Å². The molecule has 0 aliphatic rings. The summed E-state index contributed by atoms with van der Waals surface area (Å²) in [6.45, 7) is -0.410. The Hall–Kier alpha value is -1.73. The van der Waals surface area contributed by atoms with Gasteiger partial charge in [0.1, 0.15) is 5.69 Å². The number of halogens is 3. The second-order valence-electron chi connectivity index (χ2n) is 3.66. The maximum Gasteiger partial charge on any atom is 0.390 e. The van der Waals surface area contributed by atoms with Crippen molar-refractivity contribution in [1.82, 2.24) is 14.7 Å². The number of hydrogen-bond acceptors (Lipinski definition) is 3. The molecule has 0 saturated carbocycles. The molecule has 0 unspecified atom stereocenters. The van der Waals surface area contributed by atoms with Gasteiger partial charge >= 0.3 is 6.18 Å². The van der Waals surface area contributed by atoms with Crippen LogP contribution in [0.5, 0.6) is 0 Å². The predicted octanol–water partition coefficient (Wildman–Crippen LogP) is 1.03. The molecule has 0 radical (unpaired) electrons. The SMILES string of the molecule is CN(CCC(F)(F)F)C(=O)c1c(N)cnn1C. The quantitative estimate of drug-likeness (QED) is 0.871. The molecule has 0 aromatic carbocycles. The van der Waals surface area contributed by atoms with E-state index in [0.29, 0.717) is 0 Å². The Morgan fingerprint density at radius 1 is 1.59 bits per heavy atom. The van der Waals surface area contributed by atoms with Crippen molar-refractivity contribution in [3.8, 4) is 0 Å². The lowest BCUT2D eigenvalue weighted by Gasteiger charge is -2.18. The molecule has 0 atom stereocenters. The standard InChI is InChI=1S/C9H13F3N4O/c1-15(4-3-9(10,11)12)8(17)7-6(13)5-14-16(7)2/h5H,3-4,13H2,1-2H3. The van der Waals surface area contributed by atoms with Crippen LogP contribution in [0, 0.1) is 0 Å². The highest BCUT2D eigenvalue weighted by Gasteiger charge is 2.29. The number of anilines is 1. The molecule has 1 aromatic heterocycles. The highest BCUT2D eigenvalue weighted by molar-refractivity contribution is 5.97. The molecular formula is C9H13F3N4O. The fourth-order valence-corrected chi connectivity index (χ4v) is 1.29. The van der Waals surface area contributed by atoms with E-state index in [1.807, 2.05) is 0 Å². The van der Waals surface area contributed by atoms with Crippen LogP contribution in [0.15, 0.2) is 6.20 Å². The van der Waals surface area contributed by atoms with Gasteiger partial charge in [0.15, 0.2) is 0 Å². The van der Waals surface area contributed by atoms with E-state index in [4.69, 9.17) is 5.73 Å². The van der Waals surface area contributed by atoms with Gasteiger partial charge < -0.3 is 10.6 Å². The first-order chi connectivity index (χ1) is 7.72. The third kappa shape index (κ3) is 3.36. The number of nitrogens with zero attached hydrogens (tertiary/aromatic N) is 3. The molecule has 2 N–H and O–H groups in total. The van der Waals surface area contributed by atoms with Gasteiger partial charge in [0.05, 0.1) is 18.3 Å². The Morgan fingerprint density at radius 3 is 2.59 bits per heavy atom. The largest absolute Gasteiger partial charge is 0.396 e. The van der Waals surface area contributed by atoms with Gasteiger partial charge in [0.2, 0.25) is 0 Å². The minimum Gasteiger partial charge on any atom is -0.396 e. The monoisotopic (exact) mass is 250 g/mol. The van der Waals surface area contributed by atoms with Crippen LogP contribution in [-0.4, -0.2) is 40.4 Å². The van der Waals surface area contributed by atoms with E-state index in [2.05, 4.69) is 5.10 Å². The first-order valence-electron chi connectivity index (χ1n) is 4.82. The molecule has 5 nitrogen and oxygen atoms in total. The van der Waals surface area contributed by atoms with Gasteiger partial charge in [0, 0.05) is 20.6 Å². The van der Waals surface area contributed by atoms with Gasteiger partial charge in [-0.15, -0.1) is 0 Å². The summed E-state index contributed by atoms with van der Waals surface area (Å²) in [5.41, 5.74) is 5.75. The second kappa shape index (κ2) is 4.64. The van der Waals surface area contributed by atoms with Crippen LogP contribution < -0.4 is 5.73 Å². The summed E-state index contributed by atoms with van der Waals surface area (Å²) in [5.74, 6) is -0.577. The number of hydrogen-bond donors (Lipinski definition) is 1. The number of rotatable bonds is 3. The molecule has 0 spiro atoms. The van der Waals surface area contributed by atoms with Crippen molar-refractivity contribution in [2.45, 2.75) is 12.6 Å². The van der Waals surface area contributed by atoms with Crippen LogP contribution in [0.1, 0.15) is 16.9 Å². The summed E-state index contributed by atoms with van der Waals surface area (Å²) in [6.07, 6.45) is -4.05. The number of alkyl halides is 3. The molecule has 96 valence electrons. The molecule has 0 fully saturated rings. The summed E-state index contributed by atoms with van der Waals surface area (Å²) in [4.78, 5) is 12.8. The maximum atomic E-state index is 12.0. The van der Waals surface area contributed by atoms with Crippen molar-refractivity contribution in [3.05, 3.63) is 11.9 Å². The summed E-state index contributed by atoms with van der Waals surface area (Å²) in [7, 11) is 2.79. The third-order valence-electron chi connectivity index (χ3n) is 2.25. The molecule has 1 aromatic rings. The van der Waals surface area contributed by atoms with E-state index in [1.165, 1.54) is 25.0 Å². The molecule has 17 heavy (non-hydrogen) atoms. The Bertz CT molecular complexity index is 393. The lowest BCUT2D eigenvalue weighted by atomic mass is 10.3. The topological polar surface area (TPSA) is 64.2 Å². The average molecular weight is 250 g/mol. The first kappa shape index (κ1) is 13.3. The van der Waals surface area contributed by atoms with Crippen molar-refractivity contribution in [3.63, 3.8) is 0 Å². The Kier molecular flexibility index (Phi) is 3.64. The van der Waals surface area contributed by atoms with Gasteiger partial charge in [-0.1, -0.05) is 0 Å². The van der Waals surface area contributed by atoms with E-state index in [1.54, 1.807) is 0 Å². The lowest BCUT2D eigenvalue weighted by molar-refractivity contribution is -0.136. The Morgan fingerprint density at radius 2 is 2.18 bits per heavy atom. The van der Waals surface area contributed by atoms with Gasteiger partial charge in [-0.05, 0) is 0 Å². The number of aryl methyl sites for hydroxylation is 1. The van der Waals surface area contributed by atoms with E-state index in [0.717, 1.165) is 4.90 Å². The van der Waals surface area contributed by atoms with E-state index < -0.39 is 25.0 Å². The van der Waals surface area contributed by atoms with Crippen LogP contribution in [0.3, 0.4) is 0 Å². The van der Waals surface area contributed by atoms with Gasteiger partial charge in [0.25, 0.3) is 5.91 Å². The first-order valence-corrected chi connectivity index (χ1v) is 4.82. The number of amides is 1. The highest BCUT2D eigenvalue weighted by Crippen LogP contribution is 2.20. The fourth-order valence-electron chi connectivity index (χ4n) is 1.29. The van der Waals surface area contributed by atoms with Crippen molar-refractivity contribution in [1.29, 1.82) is 0 Å². The Labute approximate surface area is 96.0 Å². The smallest absolute Gasteiger partial charge is 0.390 e. The molecular weight excluding hydrogens is 237 g/mol. The number of nitrogens with two attached hydrogens (primary N) is 1. The summed E-state index contributed by atoms with van der Waals surface area (Å²) >= 11 is 0. The highest BCUT2D eigenvalue weighted by atomic mass is 19.4. The minimum atomic E-state index is -4.29. The minimum absolute atomic E-state index is 0.0923. The molecule has 0 aliphatic heterocycles. The van der Waals surface area contributed by atoms with Crippen molar-refractivity contribution >= 4 is 11.6 Å². The number of carbonyl (C=O) groups is 1. The van der Waals surface area contributed by atoms with E-state index in [9.17, 15) is 18.0 Å². The summed E-state index contributed by atoms with van der Waals surface area (Å²) in [5, 5.41) is 3.75. The molecule has 8 heteroatoms. The predicted molar refractivity (Wildman–Crippen MR) is 55.3 cm³/mol. The van der Waals surface area contributed by atoms with Crippen LogP contribution in [0.25, 0.3) is 0 Å². The van der Waals surface area contributed by atoms with Gasteiger partial charge in [-0.2, -0.15) is 18.3 Å². The molecule has 0 aliphatic carbocycles. The van der Waals surface area contributed by atoms with Crippen molar-refractivity contribution in [2.75, 3.05) is 19.3 Å². The Balaban J connectivity index is 2.71. The lowest BCUT2D eigenvalue weighted by Crippen LogP contribution is -2.32. The zero-order valence-electron chi connectivity index (χ0n) is 9.45. The van der Waals surface area contributed by atoms with Crippen LogP contribution in [0.4, 0.5) is 18.9 Å². The zero-order chi connectivity index (χ0) is 13.2. The second-order valence-corrected chi connectivity index (χ2v) is 3.66. The van der Waals surface area contributed by atoms with Crippen LogP contribution in [0.2, 0.25) is 0 Å². The number of nitrogen functional groups attached to an aromatic ring is 1. The molecule has 1 heterocycles. The normalized spacial score (nSPS) is 11.6.